The van der Waals surface area contributed by atoms with E-state index in [4.69, 9.17) is 0 Å². The number of amides is 1. The Kier molecular flexibility index (Phi) is 6.56. The fourth-order valence-corrected chi connectivity index (χ4v) is 2.08. The fraction of sp³-hybridized carbons (Fsp3) is 0.929. The molecule has 1 rings (SSSR count). The number of hydrogen-bond acceptors (Lipinski definition) is 2. The molecular weight excluding hydrogens is 212 g/mol. The van der Waals surface area contributed by atoms with Gasteiger partial charge in [0.15, 0.2) is 0 Å². The number of hydrogen-bond donors (Lipinski definition) is 2. The molecule has 2 atom stereocenters. The zero-order chi connectivity index (χ0) is 12.7. The number of carbonyl (C=O) groups is 1. The molecule has 1 aliphatic rings. The standard InChI is InChI=1S/C14H28N2O/c1-4-6-9-15-14(17)11(3)16-13(5-2)10-12-7-8-12/h11-13,16H,4-10H2,1-3H3,(H,15,17). The molecule has 100 valence electrons. The Hall–Kier alpha value is -0.570. The molecule has 17 heavy (non-hydrogen) atoms. The van der Waals surface area contributed by atoms with Gasteiger partial charge >= 0.3 is 0 Å². The summed E-state index contributed by atoms with van der Waals surface area (Å²) >= 11 is 0. The topological polar surface area (TPSA) is 41.1 Å². The minimum absolute atomic E-state index is 0.0597. The van der Waals surface area contributed by atoms with Crippen LogP contribution in [0.1, 0.15) is 59.3 Å². The summed E-state index contributed by atoms with van der Waals surface area (Å²) in [4.78, 5) is 11.8. The molecular formula is C14H28N2O. The summed E-state index contributed by atoms with van der Waals surface area (Å²) in [6.07, 6.45) is 7.32. The van der Waals surface area contributed by atoms with E-state index in [1.54, 1.807) is 0 Å². The van der Waals surface area contributed by atoms with Crippen molar-refractivity contribution in [2.75, 3.05) is 6.54 Å². The second-order valence-electron chi connectivity index (χ2n) is 5.32. The maximum atomic E-state index is 11.8. The van der Waals surface area contributed by atoms with Crippen LogP contribution in [0, 0.1) is 5.92 Å². The van der Waals surface area contributed by atoms with Crippen LogP contribution in [0.15, 0.2) is 0 Å². The first-order chi connectivity index (χ1) is 8.17. The predicted octanol–water partition coefficient (Wildman–Crippen LogP) is 2.46. The van der Waals surface area contributed by atoms with Crippen molar-refractivity contribution in [1.29, 1.82) is 0 Å². The Labute approximate surface area is 106 Å². The third kappa shape index (κ3) is 6.06. The Bertz CT molecular complexity index is 226. The van der Waals surface area contributed by atoms with E-state index in [9.17, 15) is 4.79 Å². The van der Waals surface area contributed by atoms with Crippen molar-refractivity contribution in [3.63, 3.8) is 0 Å². The van der Waals surface area contributed by atoms with Gasteiger partial charge in [0, 0.05) is 12.6 Å². The smallest absolute Gasteiger partial charge is 0.236 e. The highest BCUT2D eigenvalue weighted by atomic mass is 16.2. The number of rotatable bonds is 9. The van der Waals surface area contributed by atoms with Gasteiger partial charge in [0.1, 0.15) is 0 Å². The van der Waals surface area contributed by atoms with Gasteiger partial charge in [0.05, 0.1) is 6.04 Å². The second kappa shape index (κ2) is 7.70. The molecule has 2 unspecified atom stereocenters. The summed E-state index contributed by atoms with van der Waals surface area (Å²) in [5.74, 6) is 1.07. The molecule has 3 heteroatoms. The summed E-state index contributed by atoms with van der Waals surface area (Å²) < 4.78 is 0. The highest BCUT2D eigenvalue weighted by Crippen LogP contribution is 2.34. The van der Waals surface area contributed by atoms with Crippen molar-refractivity contribution in [1.82, 2.24) is 10.6 Å². The van der Waals surface area contributed by atoms with Crippen molar-refractivity contribution < 1.29 is 4.79 Å². The van der Waals surface area contributed by atoms with Crippen LogP contribution in [0.3, 0.4) is 0 Å². The molecule has 3 nitrogen and oxygen atoms in total. The van der Waals surface area contributed by atoms with Crippen molar-refractivity contribution in [3.8, 4) is 0 Å². The van der Waals surface area contributed by atoms with E-state index in [-0.39, 0.29) is 11.9 Å². The second-order valence-corrected chi connectivity index (χ2v) is 5.32. The third-order valence-electron chi connectivity index (χ3n) is 3.52. The Balaban J connectivity index is 2.19. The van der Waals surface area contributed by atoms with Crippen molar-refractivity contribution >= 4 is 5.91 Å². The first-order valence-corrected chi connectivity index (χ1v) is 7.21. The third-order valence-corrected chi connectivity index (χ3v) is 3.52. The largest absolute Gasteiger partial charge is 0.355 e. The minimum Gasteiger partial charge on any atom is -0.355 e. The van der Waals surface area contributed by atoms with Gasteiger partial charge in [-0.1, -0.05) is 33.1 Å². The summed E-state index contributed by atoms with van der Waals surface area (Å²) in [6, 6.07) is 0.449. The molecule has 0 aliphatic heterocycles. The van der Waals surface area contributed by atoms with Crippen LogP contribution in [0.5, 0.6) is 0 Å². The van der Waals surface area contributed by atoms with Crippen LogP contribution >= 0.6 is 0 Å². The summed E-state index contributed by atoms with van der Waals surface area (Å²) in [6.45, 7) is 7.11. The summed E-state index contributed by atoms with van der Waals surface area (Å²) in [7, 11) is 0. The van der Waals surface area contributed by atoms with E-state index in [0.717, 1.165) is 31.7 Å². The zero-order valence-electron chi connectivity index (χ0n) is 11.6. The Morgan fingerprint density at radius 3 is 2.59 bits per heavy atom. The SMILES string of the molecule is CCCCNC(=O)C(C)NC(CC)CC1CC1. The lowest BCUT2D eigenvalue weighted by Crippen LogP contribution is -2.46. The van der Waals surface area contributed by atoms with Crippen LogP contribution in [0.4, 0.5) is 0 Å². The lowest BCUT2D eigenvalue weighted by Gasteiger charge is -2.21. The van der Waals surface area contributed by atoms with Crippen LogP contribution in [-0.2, 0) is 4.79 Å². The molecule has 1 amide bonds. The molecule has 0 aromatic heterocycles. The van der Waals surface area contributed by atoms with Gasteiger partial charge in [-0.05, 0) is 32.1 Å². The molecule has 2 N–H and O–H groups in total. The molecule has 1 fully saturated rings. The van der Waals surface area contributed by atoms with E-state index in [1.165, 1.54) is 19.3 Å². The van der Waals surface area contributed by atoms with Crippen LogP contribution in [0.2, 0.25) is 0 Å². The van der Waals surface area contributed by atoms with Gasteiger partial charge in [-0.2, -0.15) is 0 Å². The van der Waals surface area contributed by atoms with Gasteiger partial charge in [-0.3, -0.25) is 4.79 Å². The first-order valence-electron chi connectivity index (χ1n) is 7.21. The van der Waals surface area contributed by atoms with E-state index in [0.29, 0.717) is 6.04 Å². The number of nitrogens with one attached hydrogen (secondary N) is 2. The first kappa shape index (κ1) is 14.5. The van der Waals surface area contributed by atoms with E-state index < -0.39 is 0 Å². The Morgan fingerprint density at radius 2 is 2.06 bits per heavy atom. The normalized spacial score (nSPS) is 18.8. The maximum absolute atomic E-state index is 11.8. The van der Waals surface area contributed by atoms with Gasteiger partial charge in [0.2, 0.25) is 5.91 Å². The quantitative estimate of drug-likeness (QED) is 0.608. The van der Waals surface area contributed by atoms with Gasteiger partial charge in [-0.25, -0.2) is 0 Å². The molecule has 0 aromatic rings. The fourth-order valence-electron chi connectivity index (χ4n) is 2.08. The van der Waals surface area contributed by atoms with E-state index >= 15 is 0 Å². The van der Waals surface area contributed by atoms with Crippen LogP contribution in [-0.4, -0.2) is 24.5 Å². The van der Waals surface area contributed by atoms with Crippen LogP contribution in [0.25, 0.3) is 0 Å². The summed E-state index contributed by atoms with van der Waals surface area (Å²) in [5, 5.41) is 6.43. The van der Waals surface area contributed by atoms with Gasteiger partial charge in [-0.15, -0.1) is 0 Å². The van der Waals surface area contributed by atoms with Crippen molar-refractivity contribution in [3.05, 3.63) is 0 Å². The van der Waals surface area contributed by atoms with E-state index in [1.807, 2.05) is 6.92 Å². The molecule has 0 aromatic carbocycles. The molecule has 0 heterocycles. The molecule has 0 bridgehead atoms. The molecule has 0 spiro atoms. The predicted molar refractivity (Wildman–Crippen MR) is 71.9 cm³/mol. The van der Waals surface area contributed by atoms with E-state index in [2.05, 4.69) is 24.5 Å². The molecule has 0 saturated heterocycles. The molecule has 1 aliphatic carbocycles. The van der Waals surface area contributed by atoms with Crippen molar-refractivity contribution in [2.45, 2.75) is 71.4 Å². The molecule has 0 radical (unpaired) electrons. The number of unbranched alkanes of at least 4 members (excludes halogenated alkanes) is 1. The highest BCUT2D eigenvalue weighted by Gasteiger charge is 2.26. The average Bonchev–Trinajstić information content (AvgIpc) is 3.12. The van der Waals surface area contributed by atoms with Gasteiger partial charge < -0.3 is 10.6 Å². The zero-order valence-corrected chi connectivity index (χ0v) is 11.6. The van der Waals surface area contributed by atoms with Gasteiger partial charge in [0.25, 0.3) is 0 Å². The lowest BCUT2D eigenvalue weighted by atomic mass is 10.1. The average molecular weight is 240 g/mol. The Morgan fingerprint density at radius 1 is 1.35 bits per heavy atom. The molecule has 1 saturated carbocycles. The summed E-state index contributed by atoms with van der Waals surface area (Å²) in [5.41, 5.74) is 0. The highest BCUT2D eigenvalue weighted by molar-refractivity contribution is 5.81. The maximum Gasteiger partial charge on any atom is 0.236 e. The number of carbonyl (C=O) groups excluding carboxylic acids is 1. The lowest BCUT2D eigenvalue weighted by molar-refractivity contribution is -0.123. The minimum atomic E-state index is -0.0597. The van der Waals surface area contributed by atoms with Crippen LogP contribution < -0.4 is 10.6 Å². The van der Waals surface area contributed by atoms with Crippen molar-refractivity contribution in [2.24, 2.45) is 5.92 Å². The monoisotopic (exact) mass is 240 g/mol.